The number of nitrogens with zero attached hydrogens (tertiary/aromatic N) is 1. The number of hydrogen-bond donors (Lipinski definition) is 3. The third-order valence-electron chi connectivity index (χ3n) is 4.90. The normalized spacial score (nSPS) is 16.1. The minimum atomic E-state index is -0.674. The van der Waals surface area contributed by atoms with Gasteiger partial charge in [-0.15, -0.1) is 0 Å². The highest BCUT2D eigenvalue weighted by atomic mass is 16.5. The second-order valence-corrected chi connectivity index (χ2v) is 7.39. The van der Waals surface area contributed by atoms with Crippen molar-refractivity contribution in [3.63, 3.8) is 0 Å². The van der Waals surface area contributed by atoms with Gasteiger partial charge in [0.1, 0.15) is 6.04 Å². The van der Waals surface area contributed by atoms with Crippen molar-refractivity contribution in [3.05, 3.63) is 35.9 Å². The van der Waals surface area contributed by atoms with Crippen LogP contribution in [0.4, 0.5) is 0 Å². The maximum Gasteiger partial charge on any atom is 0.245 e. The number of hydrogen-bond acceptors (Lipinski definition) is 4. The summed E-state index contributed by atoms with van der Waals surface area (Å²) in [5, 5.41) is 11.7. The molecular weight excluding hydrogens is 346 g/mol. The van der Waals surface area contributed by atoms with Gasteiger partial charge in [0.2, 0.25) is 17.7 Å². The standard InChI is InChI=1S/C20H29N3O4/c1-14(2)18(20(26)23-10-6-7-11-23)21-19(25)16(13-17(24)22-27)12-15-8-4-3-5-9-15/h3-5,8-9,14,16,18,27H,6-7,10-13H2,1-2H3,(H,21,25)(H,22,24). The van der Waals surface area contributed by atoms with Crippen molar-refractivity contribution < 1.29 is 19.6 Å². The van der Waals surface area contributed by atoms with E-state index in [-0.39, 0.29) is 24.2 Å². The summed E-state index contributed by atoms with van der Waals surface area (Å²) in [5.74, 6) is -1.79. The van der Waals surface area contributed by atoms with E-state index < -0.39 is 17.9 Å². The highest BCUT2D eigenvalue weighted by molar-refractivity contribution is 5.91. The van der Waals surface area contributed by atoms with Crippen molar-refractivity contribution in [3.8, 4) is 0 Å². The predicted molar refractivity (Wildman–Crippen MR) is 101 cm³/mol. The average molecular weight is 375 g/mol. The fourth-order valence-electron chi connectivity index (χ4n) is 3.34. The van der Waals surface area contributed by atoms with Gasteiger partial charge in [-0.3, -0.25) is 19.6 Å². The Morgan fingerprint density at radius 3 is 2.30 bits per heavy atom. The molecule has 0 radical (unpaired) electrons. The smallest absolute Gasteiger partial charge is 0.245 e. The number of amides is 3. The van der Waals surface area contributed by atoms with Crippen LogP contribution >= 0.6 is 0 Å². The number of nitrogens with one attached hydrogen (secondary N) is 2. The van der Waals surface area contributed by atoms with Gasteiger partial charge in [-0.2, -0.15) is 0 Å². The van der Waals surface area contributed by atoms with Gasteiger partial charge in [0.05, 0.1) is 5.92 Å². The Labute approximate surface area is 160 Å². The number of carbonyl (C=O) groups is 3. The first-order valence-corrected chi connectivity index (χ1v) is 9.48. The van der Waals surface area contributed by atoms with Crippen molar-refractivity contribution in [2.45, 2.75) is 45.6 Å². The zero-order valence-corrected chi connectivity index (χ0v) is 16.0. The summed E-state index contributed by atoms with van der Waals surface area (Å²) >= 11 is 0. The summed E-state index contributed by atoms with van der Waals surface area (Å²) in [6, 6.07) is 8.75. The van der Waals surface area contributed by atoms with Crippen molar-refractivity contribution in [1.82, 2.24) is 15.7 Å². The van der Waals surface area contributed by atoms with Crippen LogP contribution in [0.3, 0.4) is 0 Å². The van der Waals surface area contributed by atoms with Gasteiger partial charge in [0.25, 0.3) is 0 Å². The molecule has 148 valence electrons. The molecule has 0 aliphatic carbocycles. The fourth-order valence-corrected chi connectivity index (χ4v) is 3.34. The number of hydroxylamine groups is 1. The molecule has 2 rings (SSSR count). The molecule has 1 aromatic carbocycles. The molecule has 0 aromatic heterocycles. The summed E-state index contributed by atoms with van der Waals surface area (Å²) in [5.41, 5.74) is 2.50. The summed E-state index contributed by atoms with van der Waals surface area (Å²) in [4.78, 5) is 39.1. The summed E-state index contributed by atoms with van der Waals surface area (Å²) in [7, 11) is 0. The lowest BCUT2D eigenvalue weighted by atomic mass is 9.93. The van der Waals surface area contributed by atoms with Gasteiger partial charge >= 0.3 is 0 Å². The minimum Gasteiger partial charge on any atom is -0.344 e. The van der Waals surface area contributed by atoms with E-state index in [2.05, 4.69) is 5.32 Å². The first-order valence-electron chi connectivity index (χ1n) is 9.48. The Hall–Kier alpha value is -2.41. The van der Waals surface area contributed by atoms with E-state index in [0.29, 0.717) is 6.42 Å². The Bertz CT molecular complexity index is 642. The molecule has 1 saturated heterocycles. The molecule has 1 aromatic rings. The number of rotatable bonds is 8. The molecule has 3 amide bonds. The topological polar surface area (TPSA) is 98.7 Å². The lowest BCUT2D eigenvalue weighted by molar-refractivity contribution is -0.139. The SMILES string of the molecule is CC(C)C(NC(=O)C(CC(=O)NO)Cc1ccccc1)C(=O)N1CCCC1. The average Bonchev–Trinajstić information content (AvgIpc) is 3.20. The first-order chi connectivity index (χ1) is 12.9. The molecule has 2 atom stereocenters. The van der Waals surface area contributed by atoms with E-state index in [1.165, 1.54) is 0 Å². The largest absolute Gasteiger partial charge is 0.344 e. The quantitative estimate of drug-likeness (QED) is 0.474. The summed E-state index contributed by atoms with van der Waals surface area (Å²) in [6.45, 7) is 5.23. The Kier molecular flexibility index (Phi) is 7.79. The molecule has 3 N–H and O–H groups in total. The molecule has 1 fully saturated rings. The highest BCUT2D eigenvalue weighted by Gasteiger charge is 2.32. The molecule has 7 nitrogen and oxygen atoms in total. The zero-order chi connectivity index (χ0) is 19.8. The van der Waals surface area contributed by atoms with Gasteiger partial charge in [0, 0.05) is 19.5 Å². The highest BCUT2D eigenvalue weighted by Crippen LogP contribution is 2.17. The second-order valence-electron chi connectivity index (χ2n) is 7.39. The van der Waals surface area contributed by atoms with Crippen molar-refractivity contribution in [1.29, 1.82) is 0 Å². The lowest BCUT2D eigenvalue weighted by Crippen LogP contribution is -2.52. The fraction of sp³-hybridized carbons (Fsp3) is 0.550. The van der Waals surface area contributed by atoms with Crippen molar-refractivity contribution in [2.75, 3.05) is 13.1 Å². The minimum absolute atomic E-state index is 0.0638. The van der Waals surface area contributed by atoms with Gasteiger partial charge in [-0.1, -0.05) is 44.2 Å². The van der Waals surface area contributed by atoms with Crippen LogP contribution in [0.5, 0.6) is 0 Å². The summed E-state index contributed by atoms with van der Waals surface area (Å²) in [6.07, 6.45) is 2.17. The van der Waals surface area contributed by atoms with E-state index in [1.807, 2.05) is 44.2 Å². The van der Waals surface area contributed by atoms with Crippen LogP contribution in [-0.2, 0) is 20.8 Å². The molecule has 7 heteroatoms. The predicted octanol–water partition coefficient (Wildman–Crippen LogP) is 1.50. The molecule has 2 unspecified atom stereocenters. The molecule has 1 heterocycles. The number of benzene rings is 1. The molecule has 0 spiro atoms. The molecular formula is C20H29N3O4. The molecule has 0 saturated carbocycles. The van der Waals surface area contributed by atoms with Crippen LogP contribution in [0.15, 0.2) is 30.3 Å². The van der Waals surface area contributed by atoms with Crippen LogP contribution in [0.25, 0.3) is 0 Å². The Morgan fingerprint density at radius 2 is 1.74 bits per heavy atom. The molecule has 1 aliphatic rings. The maximum atomic E-state index is 12.9. The Balaban J connectivity index is 2.11. The van der Waals surface area contributed by atoms with Crippen molar-refractivity contribution in [2.24, 2.45) is 11.8 Å². The summed E-state index contributed by atoms with van der Waals surface area (Å²) < 4.78 is 0. The van der Waals surface area contributed by atoms with E-state index >= 15 is 0 Å². The van der Waals surface area contributed by atoms with E-state index in [9.17, 15) is 14.4 Å². The monoisotopic (exact) mass is 375 g/mol. The van der Waals surface area contributed by atoms with Crippen LogP contribution in [0.1, 0.15) is 38.7 Å². The lowest BCUT2D eigenvalue weighted by Gasteiger charge is -2.28. The molecule has 1 aliphatic heterocycles. The van der Waals surface area contributed by atoms with Crippen LogP contribution in [0.2, 0.25) is 0 Å². The van der Waals surface area contributed by atoms with Gasteiger partial charge in [-0.05, 0) is 30.7 Å². The third-order valence-corrected chi connectivity index (χ3v) is 4.90. The molecule has 27 heavy (non-hydrogen) atoms. The van der Waals surface area contributed by atoms with E-state index in [1.54, 1.807) is 10.4 Å². The van der Waals surface area contributed by atoms with Gasteiger partial charge in [-0.25, -0.2) is 5.48 Å². The third kappa shape index (κ3) is 6.06. The maximum absolute atomic E-state index is 12.9. The van der Waals surface area contributed by atoms with E-state index in [0.717, 1.165) is 31.5 Å². The van der Waals surface area contributed by atoms with Gasteiger partial charge < -0.3 is 10.2 Å². The number of carbonyl (C=O) groups excluding carboxylic acids is 3. The van der Waals surface area contributed by atoms with Gasteiger partial charge in [0.15, 0.2) is 0 Å². The van der Waals surface area contributed by atoms with E-state index in [4.69, 9.17) is 5.21 Å². The van der Waals surface area contributed by atoms with Crippen LogP contribution < -0.4 is 10.8 Å². The first kappa shape index (κ1) is 20.9. The second kappa shape index (κ2) is 10.1. The van der Waals surface area contributed by atoms with Crippen LogP contribution in [0, 0.1) is 11.8 Å². The van der Waals surface area contributed by atoms with Crippen molar-refractivity contribution >= 4 is 17.7 Å². The molecule has 0 bridgehead atoms. The zero-order valence-electron chi connectivity index (χ0n) is 16.0. The number of likely N-dealkylation sites (tertiary alicyclic amines) is 1. The Morgan fingerprint density at radius 1 is 1.11 bits per heavy atom. The van der Waals surface area contributed by atoms with Crippen LogP contribution in [-0.4, -0.2) is 47.0 Å².